The lowest BCUT2D eigenvalue weighted by atomic mass is 10.2. The molecule has 0 aliphatic rings. The third-order valence-electron chi connectivity index (χ3n) is 2.56. The molecule has 0 heterocycles. The highest BCUT2D eigenvalue weighted by Crippen LogP contribution is 2.16. The zero-order valence-electron chi connectivity index (χ0n) is 11.1. The second-order valence-electron chi connectivity index (χ2n) is 4.21. The average molecular weight is 348 g/mol. The van der Waals surface area contributed by atoms with Gasteiger partial charge in [0, 0.05) is 17.1 Å². The van der Waals surface area contributed by atoms with Gasteiger partial charge < -0.3 is 16.0 Å². The number of alkyl halides is 1. The molecule has 0 atom stereocenters. The first-order chi connectivity index (χ1) is 10.2. The minimum Gasteiger partial charge on any atom is -0.325 e. The number of rotatable bonds is 4. The molecule has 2 aromatic carbocycles. The molecule has 0 aromatic heterocycles. The molecule has 3 amide bonds. The van der Waals surface area contributed by atoms with Gasteiger partial charge in [0.2, 0.25) is 5.91 Å². The van der Waals surface area contributed by atoms with Crippen molar-refractivity contribution in [2.45, 2.75) is 0 Å². The number of halogens is 1. The number of hydrogen-bond donors (Lipinski definition) is 3. The number of carbonyl (C=O) groups excluding carboxylic acids is 2. The van der Waals surface area contributed by atoms with Crippen molar-refractivity contribution in [3.63, 3.8) is 0 Å². The standard InChI is InChI=1S/C15H14BrN3O2/c16-10-14(20)17-12-7-4-8-13(9-12)19-15(21)18-11-5-2-1-3-6-11/h1-9H,10H2,(H,17,20)(H2,18,19,21). The Labute approximate surface area is 130 Å². The van der Waals surface area contributed by atoms with Crippen LogP contribution in [-0.2, 0) is 4.79 Å². The van der Waals surface area contributed by atoms with Gasteiger partial charge in [-0.25, -0.2) is 4.79 Å². The Morgan fingerprint density at radius 3 is 2.05 bits per heavy atom. The van der Waals surface area contributed by atoms with E-state index in [0.29, 0.717) is 17.1 Å². The number of carbonyl (C=O) groups is 2. The van der Waals surface area contributed by atoms with Crippen molar-refractivity contribution < 1.29 is 9.59 Å². The summed E-state index contributed by atoms with van der Waals surface area (Å²) >= 11 is 3.08. The average Bonchev–Trinajstić information content (AvgIpc) is 2.48. The van der Waals surface area contributed by atoms with Crippen LogP contribution in [0.25, 0.3) is 0 Å². The van der Waals surface area contributed by atoms with Crippen LogP contribution in [0.1, 0.15) is 0 Å². The molecular weight excluding hydrogens is 334 g/mol. The third-order valence-corrected chi connectivity index (χ3v) is 3.07. The van der Waals surface area contributed by atoms with E-state index >= 15 is 0 Å². The minimum atomic E-state index is -0.342. The highest BCUT2D eigenvalue weighted by Gasteiger charge is 2.04. The Bertz CT molecular complexity index is 632. The molecular formula is C15H14BrN3O2. The van der Waals surface area contributed by atoms with Gasteiger partial charge in [0.1, 0.15) is 0 Å². The summed E-state index contributed by atoms with van der Waals surface area (Å²) in [5, 5.41) is 8.34. The van der Waals surface area contributed by atoms with Gasteiger partial charge in [-0.15, -0.1) is 0 Å². The molecule has 2 rings (SSSR count). The van der Waals surface area contributed by atoms with E-state index in [1.165, 1.54) is 0 Å². The molecule has 0 aliphatic heterocycles. The fourth-order valence-corrected chi connectivity index (χ4v) is 1.82. The van der Waals surface area contributed by atoms with Crippen LogP contribution in [0.4, 0.5) is 21.9 Å². The Kier molecular flexibility index (Phi) is 5.34. The lowest BCUT2D eigenvalue weighted by molar-refractivity contribution is -0.113. The van der Waals surface area contributed by atoms with E-state index in [0.717, 1.165) is 0 Å². The van der Waals surface area contributed by atoms with Gasteiger partial charge in [0.05, 0.1) is 5.33 Å². The molecule has 0 fully saturated rings. The number of hydrogen-bond acceptors (Lipinski definition) is 2. The lowest BCUT2D eigenvalue weighted by Gasteiger charge is -2.09. The fourth-order valence-electron chi connectivity index (χ4n) is 1.68. The maximum atomic E-state index is 11.9. The summed E-state index contributed by atoms with van der Waals surface area (Å²) in [6, 6.07) is 15.7. The van der Waals surface area contributed by atoms with E-state index in [2.05, 4.69) is 31.9 Å². The maximum Gasteiger partial charge on any atom is 0.323 e. The lowest BCUT2D eigenvalue weighted by Crippen LogP contribution is -2.19. The molecule has 0 radical (unpaired) electrons. The maximum absolute atomic E-state index is 11.9. The zero-order chi connectivity index (χ0) is 15.1. The summed E-state index contributed by atoms with van der Waals surface area (Å²) < 4.78 is 0. The molecule has 0 bridgehead atoms. The highest BCUT2D eigenvalue weighted by atomic mass is 79.9. The van der Waals surface area contributed by atoms with Gasteiger partial charge >= 0.3 is 6.03 Å². The van der Waals surface area contributed by atoms with Gasteiger partial charge in [-0.05, 0) is 30.3 Å². The van der Waals surface area contributed by atoms with Crippen LogP contribution < -0.4 is 16.0 Å². The van der Waals surface area contributed by atoms with Gasteiger partial charge in [0.15, 0.2) is 0 Å². The first kappa shape index (κ1) is 15.1. The Morgan fingerprint density at radius 1 is 0.810 bits per heavy atom. The summed E-state index contributed by atoms with van der Waals surface area (Å²) in [5.74, 6) is -0.152. The number of amides is 3. The summed E-state index contributed by atoms with van der Waals surface area (Å²) in [6.07, 6.45) is 0. The van der Waals surface area contributed by atoms with Gasteiger partial charge in [-0.2, -0.15) is 0 Å². The van der Waals surface area contributed by atoms with Crippen molar-refractivity contribution in [3.05, 3.63) is 54.6 Å². The predicted molar refractivity (Wildman–Crippen MR) is 87.9 cm³/mol. The third kappa shape index (κ3) is 4.92. The van der Waals surface area contributed by atoms with Crippen LogP contribution in [0, 0.1) is 0 Å². The smallest absolute Gasteiger partial charge is 0.323 e. The molecule has 0 spiro atoms. The number of benzene rings is 2. The SMILES string of the molecule is O=C(CBr)Nc1cccc(NC(=O)Nc2ccccc2)c1. The quantitative estimate of drug-likeness (QED) is 0.738. The summed E-state index contributed by atoms with van der Waals surface area (Å²) in [4.78, 5) is 23.2. The van der Waals surface area contributed by atoms with E-state index in [-0.39, 0.29) is 17.3 Å². The van der Waals surface area contributed by atoms with E-state index < -0.39 is 0 Å². The van der Waals surface area contributed by atoms with Gasteiger partial charge in [-0.3, -0.25) is 4.79 Å². The Morgan fingerprint density at radius 2 is 1.38 bits per heavy atom. The minimum absolute atomic E-state index is 0.152. The summed E-state index contributed by atoms with van der Waals surface area (Å²) in [5.41, 5.74) is 1.92. The number of anilines is 3. The van der Waals surface area contributed by atoms with Crippen LogP contribution in [0.2, 0.25) is 0 Å². The Balaban J connectivity index is 1.97. The fraction of sp³-hybridized carbons (Fsp3) is 0.0667. The van der Waals surface area contributed by atoms with Crippen molar-refractivity contribution in [1.29, 1.82) is 0 Å². The number of urea groups is 1. The predicted octanol–water partition coefficient (Wildman–Crippen LogP) is 3.66. The largest absolute Gasteiger partial charge is 0.325 e. The van der Waals surface area contributed by atoms with Crippen molar-refractivity contribution in [2.75, 3.05) is 21.3 Å². The number of nitrogens with one attached hydrogen (secondary N) is 3. The molecule has 0 saturated heterocycles. The summed E-state index contributed by atoms with van der Waals surface area (Å²) in [6.45, 7) is 0. The number of para-hydroxylation sites is 1. The van der Waals surface area contributed by atoms with Crippen molar-refractivity contribution in [2.24, 2.45) is 0 Å². The van der Waals surface area contributed by atoms with Crippen LogP contribution in [0.15, 0.2) is 54.6 Å². The topological polar surface area (TPSA) is 70.2 Å². The molecule has 0 unspecified atom stereocenters. The normalized spacial score (nSPS) is 9.76. The van der Waals surface area contributed by atoms with Crippen molar-refractivity contribution in [1.82, 2.24) is 0 Å². The van der Waals surface area contributed by atoms with Gasteiger partial charge in [0.25, 0.3) is 0 Å². The molecule has 3 N–H and O–H groups in total. The Hall–Kier alpha value is -2.34. The van der Waals surface area contributed by atoms with E-state index in [1.807, 2.05) is 18.2 Å². The van der Waals surface area contributed by atoms with Crippen LogP contribution >= 0.6 is 15.9 Å². The molecule has 0 aliphatic carbocycles. The molecule has 6 heteroatoms. The van der Waals surface area contributed by atoms with Crippen LogP contribution in [-0.4, -0.2) is 17.3 Å². The van der Waals surface area contributed by atoms with Gasteiger partial charge in [-0.1, -0.05) is 40.2 Å². The second kappa shape index (κ2) is 7.44. The highest BCUT2D eigenvalue weighted by molar-refractivity contribution is 9.09. The summed E-state index contributed by atoms with van der Waals surface area (Å²) in [7, 11) is 0. The monoisotopic (exact) mass is 347 g/mol. The zero-order valence-corrected chi connectivity index (χ0v) is 12.7. The first-order valence-corrected chi connectivity index (χ1v) is 7.38. The van der Waals surface area contributed by atoms with Crippen molar-refractivity contribution >= 4 is 44.9 Å². The molecule has 2 aromatic rings. The first-order valence-electron chi connectivity index (χ1n) is 6.26. The van der Waals surface area contributed by atoms with Crippen molar-refractivity contribution in [3.8, 4) is 0 Å². The molecule has 21 heavy (non-hydrogen) atoms. The van der Waals surface area contributed by atoms with Crippen LogP contribution in [0.3, 0.4) is 0 Å². The van der Waals surface area contributed by atoms with E-state index in [9.17, 15) is 9.59 Å². The van der Waals surface area contributed by atoms with E-state index in [4.69, 9.17) is 0 Å². The van der Waals surface area contributed by atoms with E-state index in [1.54, 1.807) is 36.4 Å². The molecule has 108 valence electrons. The molecule has 0 saturated carbocycles. The molecule has 5 nitrogen and oxygen atoms in total. The second-order valence-corrected chi connectivity index (χ2v) is 4.77. The van der Waals surface area contributed by atoms with Crippen LogP contribution in [0.5, 0.6) is 0 Å².